The molecule has 0 saturated heterocycles. The molecule has 1 heterocycles. The van der Waals surface area contributed by atoms with Gasteiger partial charge in [-0.15, -0.1) is 0 Å². The molecule has 1 fully saturated rings. The second-order valence-corrected chi connectivity index (χ2v) is 5.10. The minimum Gasteiger partial charge on any atom is -0.381 e. The molecular weight excluding hydrogens is 234 g/mol. The fraction of sp³-hybridized carbons (Fsp3) is 0.818. The first-order valence-electron chi connectivity index (χ1n) is 6.33. The highest BCUT2D eigenvalue weighted by Crippen LogP contribution is 2.32. The fourth-order valence-corrected chi connectivity index (χ4v) is 2.76. The molecule has 7 heteroatoms. The van der Waals surface area contributed by atoms with E-state index < -0.39 is 11.8 Å². The van der Waals surface area contributed by atoms with Crippen LogP contribution >= 0.6 is 0 Å². The van der Waals surface area contributed by atoms with E-state index in [2.05, 4.69) is 9.98 Å². The lowest BCUT2D eigenvalue weighted by molar-refractivity contribution is -0.527. The van der Waals surface area contributed by atoms with Crippen LogP contribution in [0.3, 0.4) is 0 Å². The minimum absolute atomic E-state index is 0.0134. The summed E-state index contributed by atoms with van der Waals surface area (Å²) in [5.41, 5.74) is 9.80. The van der Waals surface area contributed by atoms with Gasteiger partial charge in [0.25, 0.3) is 0 Å². The molecule has 18 heavy (non-hydrogen) atoms. The lowest BCUT2D eigenvalue weighted by Crippen LogP contribution is -2.56. The standard InChI is InChI=1S/C11H19N5O2/c12-9-11(16(17)18,7-14-10(13)15-9)6-8-4-2-1-3-5-8/h7-8,10H,1-6,13H2,(H2,12,15). The van der Waals surface area contributed by atoms with E-state index in [1.165, 1.54) is 12.6 Å². The van der Waals surface area contributed by atoms with Gasteiger partial charge >= 0.3 is 5.54 Å². The van der Waals surface area contributed by atoms with Crippen LogP contribution in [0.4, 0.5) is 0 Å². The predicted molar refractivity (Wildman–Crippen MR) is 69.0 cm³/mol. The number of nitrogens with two attached hydrogens (primary N) is 2. The Morgan fingerprint density at radius 3 is 2.67 bits per heavy atom. The number of rotatable bonds is 3. The molecule has 2 atom stereocenters. The second kappa shape index (κ2) is 5.01. The van der Waals surface area contributed by atoms with Gasteiger partial charge in [0.1, 0.15) is 0 Å². The Labute approximate surface area is 106 Å². The highest BCUT2D eigenvalue weighted by molar-refractivity contribution is 6.05. The first kappa shape index (κ1) is 12.9. The molecule has 100 valence electrons. The van der Waals surface area contributed by atoms with Gasteiger partial charge in [0.2, 0.25) is 0 Å². The van der Waals surface area contributed by atoms with E-state index in [-0.39, 0.29) is 10.8 Å². The average molecular weight is 253 g/mol. The van der Waals surface area contributed by atoms with Crippen molar-refractivity contribution in [2.24, 2.45) is 27.4 Å². The van der Waals surface area contributed by atoms with Gasteiger partial charge in [0.05, 0.1) is 6.21 Å². The van der Waals surface area contributed by atoms with Crippen LogP contribution in [0.2, 0.25) is 0 Å². The van der Waals surface area contributed by atoms with E-state index in [1.807, 2.05) is 0 Å². The Kier molecular flexibility index (Phi) is 3.60. The predicted octanol–water partition coefficient (Wildman–Crippen LogP) is 0.656. The normalized spacial score (nSPS) is 33.2. The maximum absolute atomic E-state index is 11.4. The van der Waals surface area contributed by atoms with Gasteiger partial charge in [-0.2, -0.15) is 0 Å². The highest BCUT2D eigenvalue weighted by Gasteiger charge is 2.49. The minimum atomic E-state index is -1.45. The topological polar surface area (TPSA) is 120 Å². The van der Waals surface area contributed by atoms with Crippen LogP contribution < -0.4 is 11.5 Å². The first-order chi connectivity index (χ1) is 8.54. The van der Waals surface area contributed by atoms with Gasteiger partial charge in [0.15, 0.2) is 12.1 Å². The molecule has 2 aliphatic rings. The van der Waals surface area contributed by atoms with Gasteiger partial charge in [-0.3, -0.25) is 15.8 Å². The van der Waals surface area contributed by atoms with Crippen molar-refractivity contribution in [3.05, 3.63) is 10.1 Å². The Hall–Kier alpha value is -1.50. The number of nitro groups is 1. The monoisotopic (exact) mass is 253 g/mol. The van der Waals surface area contributed by atoms with Crippen molar-refractivity contribution in [1.29, 1.82) is 0 Å². The van der Waals surface area contributed by atoms with Crippen molar-refractivity contribution < 1.29 is 4.92 Å². The van der Waals surface area contributed by atoms with Crippen molar-refractivity contribution in [1.82, 2.24) is 0 Å². The summed E-state index contributed by atoms with van der Waals surface area (Å²) in [7, 11) is 0. The van der Waals surface area contributed by atoms with E-state index in [0.717, 1.165) is 25.7 Å². The molecule has 0 aromatic heterocycles. The summed E-state index contributed by atoms with van der Waals surface area (Å²) in [6.07, 6.45) is 6.37. The van der Waals surface area contributed by atoms with Crippen LogP contribution in [0.1, 0.15) is 38.5 Å². The van der Waals surface area contributed by atoms with Gasteiger partial charge in [-0.1, -0.05) is 32.1 Å². The summed E-state index contributed by atoms with van der Waals surface area (Å²) in [5, 5.41) is 11.4. The van der Waals surface area contributed by atoms with E-state index in [1.54, 1.807) is 0 Å². The van der Waals surface area contributed by atoms with Gasteiger partial charge < -0.3 is 5.73 Å². The van der Waals surface area contributed by atoms with Crippen molar-refractivity contribution >= 4 is 12.1 Å². The quantitative estimate of drug-likeness (QED) is 0.566. The van der Waals surface area contributed by atoms with E-state index >= 15 is 0 Å². The molecule has 2 unspecified atom stereocenters. The number of hydrogen-bond acceptors (Lipinski definition) is 6. The zero-order chi connectivity index (χ0) is 13.2. The molecular formula is C11H19N5O2. The molecule has 0 amide bonds. The van der Waals surface area contributed by atoms with Crippen LogP contribution in [0.5, 0.6) is 0 Å². The third-order valence-corrected chi connectivity index (χ3v) is 3.81. The Bertz CT molecular complexity index is 389. The summed E-state index contributed by atoms with van der Waals surface area (Å²) in [6.45, 7) is 0. The van der Waals surface area contributed by atoms with Crippen molar-refractivity contribution in [2.75, 3.05) is 0 Å². The van der Waals surface area contributed by atoms with Crippen molar-refractivity contribution in [3.8, 4) is 0 Å². The molecule has 1 aliphatic heterocycles. The number of aliphatic imine (C=N–C) groups is 2. The molecule has 0 spiro atoms. The lowest BCUT2D eigenvalue weighted by atomic mass is 9.79. The van der Waals surface area contributed by atoms with Gasteiger partial charge in [-0.25, -0.2) is 9.98 Å². The summed E-state index contributed by atoms with van der Waals surface area (Å²) >= 11 is 0. The highest BCUT2D eigenvalue weighted by atomic mass is 16.6. The molecule has 4 N–H and O–H groups in total. The SMILES string of the molecule is NC1=NC(N)N=CC1(CC1CCCCC1)[N+](=O)[O-]. The molecule has 1 saturated carbocycles. The number of hydrogen-bond donors (Lipinski definition) is 2. The molecule has 2 rings (SSSR count). The van der Waals surface area contributed by atoms with Gasteiger partial charge in [0, 0.05) is 11.3 Å². The lowest BCUT2D eigenvalue weighted by Gasteiger charge is -2.30. The maximum Gasteiger partial charge on any atom is 0.312 e. The maximum atomic E-state index is 11.4. The fourth-order valence-electron chi connectivity index (χ4n) is 2.76. The van der Waals surface area contributed by atoms with Crippen LogP contribution in [-0.2, 0) is 0 Å². The Balaban J connectivity index is 2.19. The van der Waals surface area contributed by atoms with Crippen LogP contribution in [0.25, 0.3) is 0 Å². The second-order valence-electron chi connectivity index (χ2n) is 5.10. The van der Waals surface area contributed by atoms with Crippen LogP contribution in [0.15, 0.2) is 9.98 Å². The molecule has 0 aromatic rings. The largest absolute Gasteiger partial charge is 0.381 e. The number of amidine groups is 1. The molecule has 1 aliphatic carbocycles. The van der Waals surface area contributed by atoms with E-state index in [9.17, 15) is 10.1 Å². The van der Waals surface area contributed by atoms with E-state index in [4.69, 9.17) is 11.5 Å². The van der Waals surface area contributed by atoms with Crippen LogP contribution in [0, 0.1) is 16.0 Å². The summed E-state index contributed by atoms with van der Waals surface area (Å²) in [6, 6.07) is 0. The van der Waals surface area contributed by atoms with Crippen molar-refractivity contribution in [2.45, 2.75) is 50.4 Å². The van der Waals surface area contributed by atoms with Gasteiger partial charge in [-0.05, 0) is 5.92 Å². The number of nitrogens with zero attached hydrogens (tertiary/aromatic N) is 3. The zero-order valence-electron chi connectivity index (χ0n) is 10.3. The van der Waals surface area contributed by atoms with Crippen LogP contribution in [-0.4, -0.2) is 28.8 Å². The third kappa shape index (κ3) is 2.35. The molecule has 0 aromatic carbocycles. The third-order valence-electron chi connectivity index (χ3n) is 3.81. The molecule has 0 radical (unpaired) electrons. The Morgan fingerprint density at radius 1 is 1.44 bits per heavy atom. The Morgan fingerprint density at radius 2 is 2.11 bits per heavy atom. The zero-order valence-corrected chi connectivity index (χ0v) is 10.3. The average Bonchev–Trinajstić information content (AvgIpc) is 2.34. The van der Waals surface area contributed by atoms with Crippen molar-refractivity contribution in [3.63, 3.8) is 0 Å². The molecule has 7 nitrogen and oxygen atoms in total. The summed E-state index contributed by atoms with van der Waals surface area (Å²) < 4.78 is 0. The smallest absolute Gasteiger partial charge is 0.312 e. The molecule has 0 bridgehead atoms. The summed E-state index contributed by atoms with van der Waals surface area (Å²) in [5.74, 6) is 0.305. The van der Waals surface area contributed by atoms with E-state index in [0.29, 0.717) is 12.3 Å². The summed E-state index contributed by atoms with van der Waals surface area (Å²) in [4.78, 5) is 18.7. The first-order valence-corrected chi connectivity index (χ1v) is 6.33.